The van der Waals surface area contributed by atoms with Crippen LogP contribution in [0.1, 0.15) is 48.9 Å². The van der Waals surface area contributed by atoms with Gasteiger partial charge in [-0.25, -0.2) is 4.79 Å². The fourth-order valence-electron chi connectivity index (χ4n) is 3.61. The Labute approximate surface area is 147 Å². The highest BCUT2D eigenvalue weighted by Gasteiger charge is 2.19. The van der Waals surface area contributed by atoms with Gasteiger partial charge in [0.25, 0.3) is 5.56 Å². The number of hydrogen-bond acceptors (Lipinski definition) is 3. The van der Waals surface area contributed by atoms with Gasteiger partial charge in [0.05, 0.1) is 6.61 Å². The molecule has 5 nitrogen and oxygen atoms in total. The Balaban J connectivity index is 1.77. The molecule has 1 aliphatic carbocycles. The van der Waals surface area contributed by atoms with Crippen molar-refractivity contribution in [1.29, 1.82) is 0 Å². The summed E-state index contributed by atoms with van der Waals surface area (Å²) in [5.74, 6) is 0.550. The van der Waals surface area contributed by atoms with Crippen molar-refractivity contribution in [2.45, 2.75) is 58.8 Å². The molecule has 0 aliphatic heterocycles. The zero-order valence-corrected chi connectivity index (χ0v) is 14.8. The van der Waals surface area contributed by atoms with Crippen molar-refractivity contribution in [2.24, 2.45) is 5.92 Å². The largest absolute Gasteiger partial charge is 0.356 e. The number of aromatic amines is 1. The molecule has 1 aliphatic rings. The number of nitrogens with one attached hydrogen (secondary N) is 1. The second-order valence-corrected chi connectivity index (χ2v) is 6.93. The first-order chi connectivity index (χ1) is 12.1. The quantitative estimate of drug-likeness (QED) is 0.877. The van der Waals surface area contributed by atoms with Crippen LogP contribution in [0.25, 0.3) is 0 Å². The first-order valence-corrected chi connectivity index (χ1v) is 9.09. The minimum Gasteiger partial charge on any atom is -0.356 e. The summed E-state index contributed by atoms with van der Waals surface area (Å²) < 4.78 is 7.34. The lowest BCUT2D eigenvalue weighted by Gasteiger charge is -2.24. The van der Waals surface area contributed by atoms with Crippen molar-refractivity contribution in [3.05, 3.63) is 68.0 Å². The molecule has 0 atom stereocenters. The van der Waals surface area contributed by atoms with E-state index >= 15 is 0 Å². The Bertz CT molecular complexity index is 802. The van der Waals surface area contributed by atoms with Crippen molar-refractivity contribution in [2.75, 3.05) is 0 Å². The van der Waals surface area contributed by atoms with Crippen LogP contribution in [-0.2, 0) is 24.5 Å². The summed E-state index contributed by atoms with van der Waals surface area (Å²) in [6.45, 7) is 2.39. The lowest BCUT2D eigenvalue weighted by Crippen LogP contribution is -2.36. The second-order valence-electron chi connectivity index (χ2n) is 6.93. The molecule has 0 radical (unpaired) electrons. The van der Waals surface area contributed by atoms with Crippen molar-refractivity contribution in [3.8, 4) is 0 Å². The van der Waals surface area contributed by atoms with Gasteiger partial charge in [-0.05, 0) is 24.8 Å². The average Bonchev–Trinajstić information content (AvgIpc) is 2.63. The minimum absolute atomic E-state index is 0.160. The third-order valence-corrected chi connectivity index (χ3v) is 5.10. The van der Waals surface area contributed by atoms with Gasteiger partial charge in [0.1, 0.15) is 6.73 Å². The molecule has 0 amide bonds. The maximum atomic E-state index is 12.3. The first kappa shape index (κ1) is 17.7. The van der Waals surface area contributed by atoms with E-state index in [0.717, 1.165) is 17.7 Å². The Kier molecular flexibility index (Phi) is 5.87. The van der Waals surface area contributed by atoms with Crippen LogP contribution in [0.5, 0.6) is 0 Å². The number of aromatic nitrogens is 2. The highest BCUT2D eigenvalue weighted by atomic mass is 16.5. The van der Waals surface area contributed by atoms with Crippen LogP contribution in [0.4, 0.5) is 0 Å². The number of benzene rings is 1. The molecule has 0 spiro atoms. The van der Waals surface area contributed by atoms with Gasteiger partial charge in [-0.1, -0.05) is 62.4 Å². The Hall–Kier alpha value is -2.14. The lowest BCUT2D eigenvalue weighted by atomic mass is 9.85. The normalized spacial score (nSPS) is 15.4. The standard InChI is InChI=1S/C20H26N2O3/c1-15-18(12-16-8-4-2-5-9-16)22(20(24)21-19(15)23)14-25-13-17-10-6-3-7-11-17/h3,6-7,10-11,16H,2,4-5,8-9,12-14H2,1H3,(H,21,23,24). The maximum Gasteiger partial charge on any atom is 0.330 e. The van der Waals surface area contributed by atoms with Crippen molar-refractivity contribution in [1.82, 2.24) is 9.55 Å². The molecule has 0 bridgehead atoms. The molecule has 3 rings (SSSR count). The van der Waals surface area contributed by atoms with Gasteiger partial charge < -0.3 is 4.74 Å². The van der Waals surface area contributed by atoms with E-state index in [1.807, 2.05) is 30.3 Å². The molecule has 1 N–H and O–H groups in total. The van der Waals surface area contributed by atoms with Gasteiger partial charge in [-0.2, -0.15) is 0 Å². The lowest BCUT2D eigenvalue weighted by molar-refractivity contribution is 0.0581. The van der Waals surface area contributed by atoms with Crippen molar-refractivity contribution in [3.63, 3.8) is 0 Å². The monoisotopic (exact) mass is 342 g/mol. The molecule has 134 valence electrons. The van der Waals surface area contributed by atoms with Gasteiger partial charge in [0, 0.05) is 11.3 Å². The molecule has 0 unspecified atom stereocenters. The van der Waals surface area contributed by atoms with E-state index in [9.17, 15) is 9.59 Å². The molecule has 1 aromatic heterocycles. The van der Waals surface area contributed by atoms with Crippen LogP contribution < -0.4 is 11.2 Å². The number of rotatable bonds is 6. The first-order valence-electron chi connectivity index (χ1n) is 9.09. The van der Waals surface area contributed by atoms with E-state index in [1.54, 1.807) is 11.5 Å². The predicted molar refractivity (Wildman–Crippen MR) is 97.6 cm³/mol. The minimum atomic E-state index is -0.380. The van der Waals surface area contributed by atoms with Gasteiger partial charge in [-0.15, -0.1) is 0 Å². The molecule has 1 heterocycles. The molecular formula is C20H26N2O3. The third kappa shape index (κ3) is 4.48. The SMILES string of the molecule is Cc1c(CC2CCCCC2)n(COCc2ccccc2)c(=O)[nH]c1=O. The zero-order valence-electron chi connectivity index (χ0n) is 14.8. The summed E-state index contributed by atoms with van der Waals surface area (Å²) in [6.07, 6.45) is 6.89. The Morgan fingerprint density at radius 2 is 1.84 bits per heavy atom. The van der Waals surface area contributed by atoms with E-state index in [-0.39, 0.29) is 18.0 Å². The number of hydrogen-bond donors (Lipinski definition) is 1. The van der Waals surface area contributed by atoms with Crippen LogP contribution in [0.3, 0.4) is 0 Å². The Morgan fingerprint density at radius 1 is 1.12 bits per heavy atom. The summed E-state index contributed by atoms with van der Waals surface area (Å²) in [5, 5.41) is 0. The summed E-state index contributed by atoms with van der Waals surface area (Å²) >= 11 is 0. The van der Waals surface area contributed by atoms with Gasteiger partial charge in [-0.3, -0.25) is 14.3 Å². The molecule has 25 heavy (non-hydrogen) atoms. The van der Waals surface area contributed by atoms with Gasteiger partial charge in [0.2, 0.25) is 0 Å². The van der Waals surface area contributed by atoms with Crippen LogP contribution in [0, 0.1) is 12.8 Å². The van der Waals surface area contributed by atoms with Crippen LogP contribution >= 0.6 is 0 Å². The summed E-state index contributed by atoms with van der Waals surface area (Å²) in [6, 6.07) is 9.86. The number of nitrogens with zero attached hydrogens (tertiary/aromatic N) is 1. The van der Waals surface area contributed by atoms with Gasteiger partial charge >= 0.3 is 5.69 Å². The zero-order chi connectivity index (χ0) is 17.6. The van der Waals surface area contributed by atoms with Crippen molar-refractivity contribution >= 4 is 0 Å². The summed E-state index contributed by atoms with van der Waals surface area (Å²) in [4.78, 5) is 26.8. The van der Waals surface area contributed by atoms with E-state index in [1.165, 1.54) is 32.1 Å². The number of ether oxygens (including phenoxy) is 1. The molecule has 1 saturated carbocycles. The van der Waals surface area contributed by atoms with Crippen LogP contribution in [0.15, 0.2) is 39.9 Å². The highest BCUT2D eigenvalue weighted by molar-refractivity contribution is 5.17. The predicted octanol–water partition coefficient (Wildman–Crippen LogP) is 3.14. The van der Waals surface area contributed by atoms with Crippen molar-refractivity contribution < 1.29 is 4.74 Å². The average molecular weight is 342 g/mol. The fourth-order valence-corrected chi connectivity index (χ4v) is 3.61. The molecule has 0 saturated heterocycles. The summed E-state index contributed by atoms with van der Waals surface area (Å²) in [7, 11) is 0. The second kappa shape index (κ2) is 8.30. The molecule has 1 fully saturated rings. The Morgan fingerprint density at radius 3 is 2.56 bits per heavy atom. The van der Waals surface area contributed by atoms with E-state index in [2.05, 4.69) is 4.98 Å². The third-order valence-electron chi connectivity index (χ3n) is 5.10. The fraction of sp³-hybridized carbons (Fsp3) is 0.500. The smallest absolute Gasteiger partial charge is 0.330 e. The van der Waals surface area contributed by atoms with E-state index in [4.69, 9.17) is 4.74 Å². The number of H-pyrrole nitrogens is 1. The molecule has 5 heteroatoms. The van der Waals surface area contributed by atoms with E-state index < -0.39 is 0 Å². The maximum absolute atomic E-state index is 12.3. The van der Waals surface area contributed by atoms with Crippen LogP contribution in [0.2, 0.25) is 0 Å². The van der Waals surface area contributed by atoms with Gasteiger partial charge in [0.15, 0.2) is 0 Å². The molecular weight excluding hydrogens is 316 g/mol. The molecule has 1 aromatic carbocycles. The summed E-state index contributed by atoms with van der Waals surface area (Å²) in [5.41, 5.74) is 1.86. The topological polar surface area (TPSA) is 64.1 Å². The molecule has 2 aromatic rings. The van der Waals surface area contributed by atoms with Crippen LogP contribution in [-0.4, -0.2) is 9.55 Å². The van der Waals surface area contributed by atoms with E-state index in [0.29, 0.717) is 18.1 Å². The highest BCUT2D eigenvalue weighted by Crippen LogP contribution is 2.27.